The van der Waals surface area contributed by atoms with Crippen LogP contribution in [0.2, 0.25) is 0 Å². The normalized spacial score (nSPS) is 13.1. The van der Waals surface area contributed by atoms with Gasteiger partial charge in [-0.15, -0.1) is 0 Å². The maximum Gasteiger partial charge on any atom is 0.138 e. The van der Waals surface area contributed by atoms with Crippen LogP contribution in [0.5, 0.6) is 0 Å². The first kappa shape index (κ1) is 24.9. The first-order chi connectivity index (χ1) is 21.8. The molecule has 0 saturated carbocycles. The van der Waals surface area contributed by atoms with Crippen LogP contribution in [-0.4, -0.2) is 29.1 Å². The van der Waals surface area contributed by atoms with Gasteiger partial charge in [-0.2, -0.15) is 0 Å². The summed E-state index contributed by atoms with van der Waals surface area (Å²) in [5.41, 5.74) is 10.1. The minimum atomic E-state index is 0.882. The Morgan fingerprint density at radius 2 is 1.14 bits per heavy atom. The summed E-state index contributed by atoms with van der Waals surface area (Å²) in [6, 6.07) is 33.9. The fourth-order valence-corrected chi connectivity index (χ4v) is 7.01. The number of benzene rings is 2. The van der Waals surface area contributed by atoms with Crippen LogP contribution < -0.4 is 0 Å². The molecule has 6 nitrogen and oxygen atoms in total. The van der Waals surface area contributed by atoms with E-state index in [1.165, 1.54) is 45.8 Å². The zero-order valence-corrected chi connectivity index (χ0v) is 24.1. The van der Waals surface area contributed by atoms with Crippen molar-refractivity contribution >= 4 is 32.7 Å². The van der Waals surface area contributed by atoms with E-state index < -0.39 is 0 Å². The summed E-state index contributed by atoms with van der Waals surface area (Å²) >= 11 is 0. The van der Waals surface area contributed by atoms with Crippen molar-refractivity contribution in [2.24, 2.45) is 0 Å². The topological polar surface area (TPSA) is 61.4 Å². The third-order valence-corrected chi connectivity index (χ3v) is 8.91. The van der Waals surface area contributed by atoms with E-state index in [4.69, 9.17) is 9.97 Å². The minimum absolute atomic E-state index is 0.882. The van der Waals surface area contributed by atoms with Gasteiger partial charge in [0.25, 0.3) is 0 Å². The van der Waals surface area contributed by atoms with Crippen molar-refractivity contribution in [2.75, 3.05) is 0 Å². The highest BCUT2D eigenvalue weighted by atomic mass is 15.1. The van der Waals surface area contributed by atoms with E-state index in [9.17, 15) is 0 Å². The molecule has 9 rings (SSSR count). The van der Waals surface area contributed by atoms with Gasteiger partial charge >= 0.3 is 0 Å². The lowest BCUT2D eigenvalue weighted by molar-refractivity contribution is 0.665. The molecule has 0 radical (unpaired) electrons. The number of rotatable bonds is 4. The molecule has 44 heavy (non-hydrogen) atoms. The van der Waals surface area contributed by atoms with Crippen LogP contribution in [-0.2, 0) is 12.8 Å². The molecular weight excluding hydrogens is 540 g/mol. The Bertz CT molecular complexity index is 2330. The van der Waals surface area contributed by atoms with Crippen LogP contribution in [0.4, 0.5) is 0 Å². The van der Waals surface area contributed by atoms with Gasteiger partial charge in [0, 0.05) is 57.8 Å². The predicted molar refractivity (Wildman–Crippen MR) is 176 cm³/mol. The lowest BCUT2D eigenvalue weighted by Gasteiger charge is -2.16. The van der Waals surface area contributed by atoms with Gasteiger partial charge < -0.3 is 0 Å². The molecule has 0 bridgehead atoms. The molecule has 1 aliphatic carbocycles. The summed E-state index contributed by atoms with van der Waals surface area (Å²) in [4.78, 5) is 19.2. The average molecular weight is 569 g/mol. The van der Waals surface area contributed by atoms with Gasteiger partial charge in [-0.25, -0.2) is 9.97 Å². The van der Waals surface area contributed by atoms with Crippen molar-refractivity contribution in [1.82, 2.24) is 29.1 Å². The Morgan fingerprint density at radius 1 is 0.500 bits per heavy atom. The Labute approximate surface area is 254 Å². The van der Waals surface area contributed by atoms with Gasteiger partial charge in [-0.05, 0) is 85.8 Å². The molecule has 0 spiro atoms. The third-order valence-electron chi connectivity index (χ3n) is 8.91. The predicted octanol–water partition coefficient (Wildman–Crippen LogP) is 8.52. The van der Waals surface area contributed by atoms with E-state index in [1.807, 2.05) is 24.5 Å². The number of aryl methyl sites for hydroxylation is 1. The van der Waals surface area contributed by atoms with Crippen molar-refractivity contribution in [1.29, 1.82) is 0 Å². The number of fused-ring (bicyclic) bond motifs is 7. The van der Waals surface area contributed by atoms with Crippen LogP contribution in [0.3, 0.4) is 0 Å². The maximum atomic E-state index is 5.25. The Balaban J connectivity index is 1.40. The first-order valence-corrected chi connectivity index (χ1v) is 15.2. The van der Waals surface area contributed by atoms with Gasteiger partial charge in [0.1, 0.15) is 11.6 Å². The zero-order chi connectivity index (χ0) is 29.0. The quantitative estimate of drug-likeness (QED) is 0.214. The highest BCUT2D eigenvalue weighted by Crippen LogP contribution is 2.42. The second kappa shape index (κ2) is 9.99. The van der Waals surface area contributed by atoms with E-state index in [0.717, 1.165) is 58.0 Å². The van der Waals surface area contributed by atoms with Gasteiger partial charge in [0.2, 0.25) is 0 Å². The van der Waals surface area contributed by atoms with Crippen molar-refractivity contribution < 1.29 is 0 Å². The van der Waals surface area contributed by atoms with Crippen molar-refractivity contribution in [3.8, 4) is 34.2 Å². The standard InChI is InChI=1S/C38H28N6/c1-3-15-33-27(11-1)29-19-20-30-28-12-2-4-16-34(28)44(36-18-6-14-32(42-36)26-10-8-22-40-24-26)38(30)37(29)43(33)35-17-5-13-31(41-35)25-9-7-21-39-23-25/h1,3,5-11,13-15,17-24H,2,4,12,16H2. The molecule has 1 aliphatic rings. The van der Waals surface area contributed by atoms with Crippen LogP contribution in [0.25, 0.3) is 66.9 Å². The van der Waals surface area contributed by atoms with E-state index in [2.05, 4.69) is 104 Å². The molecule has 2 aromatic carbocycles. The lowest BCUT2D eigenvalue weighted by atomic mass is 9.95. The molecule has 6 aromatic heterocycles. The molecule has 0 atom stereocenters. The number of hydrogen-bond donors (Lipinski definition) is 0. The fourth-order valence-electron chi connectivity index (χ4n) is 7.01. The second-order valence-electron chi connectivity index (χ2n) is 11.4. The fraction of sp³-hybridized carbons (Fsp3) is 0.105. The molecule has 0 fully saturated rings. The van der Waals surface area contributed by atoms with Gasteiger partial charge in [0.15, 0.2) is 0 Å². The highest BCUT2D eigenvalue weighted by Gasteiger charge is 2.26. The van der Waals surface area contributed by atoms with Crippen molar-refractivity contribution in [3.63, 3.8) is 0 Å². The van der Waals surface area contributed by atoms with E-state index >= 15 is 0 Å². The summed E-state index contributed by atoms with van der Waals surface area (Å²) in [5.74, 6) is 1.81. The van der Waals surface area contributed by atoms with E-state index in [1.54, 1.807) is 12.4 Å². The maximum absolute atomic E-state index is 5.25. The van der Waals surface area contributed by atoms with Crippen LogP contribution in [0.1, 0.15) is 24.1 Å². The van der Waals surface area contributed by atoms with Gasteiger partial charge in [-0.1, -0.05) is 42.5 Å². The van der Waals surface area contributed by atoms with Gasteiger partial charge in [-0.3, -0.25) is 19.1 Å². The minimum Gasteiger partial charge on any atom is -0.296 e. The largest absolute Gasteiger partial charge is 0.296 e. The second-order valence-corrected chi connectivity index (χ2v) is 11.4. The number of hydrogen-bond acceptors (Lipinski definition) is 4. The van der Waals surface area contributed by atoms with Gasteiger partial charge in [0.05, 0.1) is 27.9 Å². The molecule has 8 aromatic rings. The SMILES string of the molecule is c1cncc(-c2cccc(-n3c4c(c5ccc6c7ccccc7n(-c7cccc(-c8cccnc8)n7)c6c53)CCCC4)n2)c1. The first-order valence-electron chi connectivity index (χ1n) is 15.2. The summed E-state index contributed by atoms with van der Waals surface area (Å²) in [5, 5.41) is 3.72. The van der Waals surface area contributed by atoms with Crippen molar-refractivity contribution in [2.45, 2.75) is 25.7 Å². The summed E-state index contributed by atoms with van der Waals surface area (Å²) < 4.78 is 4.78. The molecule has 0 amide bonds. The molecule has 0 saturated heterocycles. The van der Waals surface area contributed by atoms with E-state index in [-0.39, 0.29) is 0 Å². The molecule has 0 N–H and O–H groups in total. The van der Waals surface area contributed by atoms with Crippen LogP contribution in [0.15, 0.2) is 122 Å². The third kappa shape index (κ3) is 3.81. The molecule has 210 valence electrons. The molecule has 0 aliphatic heterocycles. The molecule has 6 heterocycles. The van der Waals surface area contributed by atoms with Crippen LogP contribution in [0, 0.1) is 0 Å². The molecule has 0 unspecified atom stereocenters. The van der Waals surface area contributed by atoms with E-state index in [0.29, 0.717) is 0 Å². The Kier molecular flexibility index (Phi) is 5.66. The molecule has 6 heteroatoms. The summed E-state index contributed by atoms with van der Waals surface area (Å²) in [7, 11) is 0. The van der Waals surface area contributed by atoms with Crippen LogP contribution >= 0.6 is 0 Å². The lowest BCUT2D eigenvalue weighted by Crippen LogP contribution is -2.09. The Hall–Kier alpha value is -5.62. The summed E-state index contributed by atoms with van der Waals surface area (Å²) in [6.45, 7) is 0. The summed E-state index contributed by atoms with van der Waals surface area (Å²) in [6.07, 6.45) is 11.8. The highest BCUT2D eigenvalue weighted by molar-refractivity contribution is 6.18. The monoisotopic (exact) mass is 568 g/mol. The number of nitrogens with zero attached hydrogens (tertiary/aromatic N) is 6. The number of pyridine rings is 4. The zero-order valence-electron chi connectivity index (χ0n) is 24.1. The number of para-hydroxylation sites is 1. The van der Waals surface area contributed by atoms with Crippen molar-refractivity contribution in [3.05, 3.63) is 133 Å². The number of aromatic nitrogens is 6. The average Bonchev–Trinajstić information content (AvgIpc) is 3.62. The Morgan fingerprint density at radius 3 is 1.84 bits per heavy atom. The molecular formula is C38H28N6. The smallest absolute Gasteiger partial charge is 0.138 e.